The van der Waals surface area contributed by atoms with Crippen LogP contribution in [0.5, 0.6) is 0 Å². The molecule has 1 fully saturated rings. The highest BCUT2D eigenvalue weighted by Gasteiger charge is 2.20. The Morgan fingerprint density at radius 1 is 1.23 bits per heavy atom. The summed E-state index contributed by atoms with van der Waals surface area (Å²) in [5.41, 5.74) is 5.75. The SMILES string of the molecule is NC(CC1CCCCC1)[C@H](O)CO. The van der Waals surface area contributed by atoms with E-state index in [2.05, 4.69) is 0 Å². The lowest BCUT2D eigenvalue weighted by atomic mass is 9.84. The molecule has 1 aliphatic rings. The van der Waals surface area contributed by atoms with Crippen molar-refractivity contribution in [2.24, 2.45) is 11.7 Å². The summed E-state index contributed by atoms with van der Waals surface area (Å²) in [5, 5.41) is 18.0. The van der Waals surface area contributed by atoms with Gasteiger partial charge in [-0.2, -0.15) is 0 Å². The van der Waals surface area contributed by atoms with Gasteiger partial charge in [-0.05, 0) is 12.3 Å². The van der Waals surface area contributed by atoms with Crippen LogP contribution in [0.15, 0.2) is 0 Å². The van der Waals surface area contributed by atoms with E-state index in [-0.39, 0.29) is 12.6 Å². The van der Waals surface area contributed by atoms with Gasteiger partial charge in [0.1, 0.15) is 0 Å². The molecule has 1 rings (SSSR count). The van der Waals surface area contributed by atoms with Gasteiger partial charge in [-0.3, -0.25) is 0 Å². The van der Waals surface area contributed by atoms with Gasteiger partial charge in [-0.15, -0.1) is 0 Å². The van der Waals surface area contributed by atoms with Crippen molar-refractivity contribution in [3.63, 3.8) is 0 Å². The third-order valence-corrected chi connectivity index (χ3v) is 3.01. The Labute approximate surface area is 79.9 Å². The number of hydrogen-bond donors (Lipinski definition) is 3. The fourth-order valence-electron chi connectivity index (χ4n) is 2.10. The van der Waals surface area contributed by atoms with Crippen LogP contribution in [0.3, 0.4) is 0 Å². The second-order valence-electron chi connectivity index (χ2n) is 4.15. The van der Waals surface area contributed by atoms with Gasteiger partial charge in [0.05, 0.1) is 12.7 Å². The summed E-state index contributed by atoms with van der Waals surface area (Å²) in [6, 6.07) is -0.243. The lowest BCUT2D eigenvalue weighted by Crippen LogP contribution is -2.39. The van der Waals surface area contributed by atoms with E-state index in [1.807, 2.05) is 0 Å². The Balaban J connectivity index is 2.21. The van der Waals surface area contributed by atoms with Crippen molar-refractivity contribution in [2.45, 2.75) is 50.7 Å². The molecule has 3 nitrogen and oxygen atoms in total. The monoisotopic (exact) mass is 187 g/mol. The summed E-state index contributed by atoms with van der Waals surface area (Å²) < 4.78 is 0. The summed E-state index contributed by atoms with van der Waals surface area (Å²) >= 11 is 0. The van der Waals surface area contributed by atoms with Crippen LogP contribution >= 0.6 is 0 Å². The zero-order valence-corrected chi connectivity index (χ0v) is 8.15. The van der Waals surface area contributed by atoms with Crippen LogP contribution in [0.25, 0.3) is 0 Å². The second-order valence-corrected chi connectivity index (χ2v) is 4.15. The van der Waals surface area contributed by atoms with E-state index >= 15 is 0 Å². The summed E-state index contributed by atoms with van der Waals surface area (Å²) in [6.07, 6.45) is 6.55. The maximum absolute atomic E-state index is 9.28. The highest BCUT2D eigenvalue weighted by molar-refractivity contribution is 4.76. The van der Waals surface area contributed by atoms with E-state index in [1.54, 1.807) is 0 Å². The van der Waals surface area contributed by atoms with Crippen LogP contribution in [-0.2, 0) is 0 Å². The maximum Gasteiger partial charge on any atom is 0.0921 e. The van der Waals surface area contributed by atoms with Crippen LogP contribution in [0.1, 0.15) is 38.5 Å². The molecule has 0 amide bonds. The highest BCUT2D eigenvalue weighted by atomic mass is 16.3. The van der Waals surface area contributed by atoms with Crippen molar-refractivity contribution in [2.75, 3.05) is 6.61 Å². The smallest absolute Gasteiger partial charge is 0.0921 e. The van der Waals surface area contributed by atoms with Crippen molar-refractivity contribution in [1.82, 2.24) is 0 Å². The predicted octanol–water partition coefficient (Wildman–Crippen LogP) is 0.637. The topological polar surface area (TPSA) is 66.5 Å². The van der Waals surface area contributed by atoms with Crippen LogP contribution in [0.2, 0.25) is 0 Å². The van der Waals surface area contributed by atoms with E-state index in [4.69, 9.17) is 10.8 Å². The lowest BCUT2D eigenvalue weighted by Gasteiger charge is -2.26. The number of aliphatic hydroxyl groups excluding tert-OH is 2. The summed E-state index contributed by atoms with van der Waals surface area (Å²) in [6.45, 7) is -0.214. The first-order valence-corrected chi connectivity index (χ1v) is 5.28. The van der Waals surface area contributed by atoms with Gasteiger partial charge in [0.25, 0.3) is 0 Å². The summed E-state index contributed by atoms with van der Waals surface area (Å²) in [5.74, 6) is 0.671. The number of rotatable bonds is 4. The summed E-state index contributed by atoms with van der Waals surface area (Å²) in [4.78, 5) is 0. The van der Waals surface area contributed by atoms with E-state index < -0.39 is 6.10 Å². The molecule has 0 aromatic rings. The van der Waals surface area contributed by atoms with Crippen LogP contribution < -0.4 is 5.73 Å². The maximum atomic E-state index is 9.28. The number of aliphatic hydroxyl groups is 2. The van der Waals surface area contributed by atoms with Crippen molar-refractivity contribution in [3.05, 3.63) is 0 Å². The molecule has 0 bridgehead atoms. The first-order valence-electron chi connectivity index (χ1n) is 5.28. The van der Waals surface area contributed by atoms with E-state index in [0.717, 1.165) is 6.42 Å². The zero-order valence-electron chi connectivity index (χ0n) is 8.15. The quantitative estimate of drug-likeness (QED) is 0.605. The third-order valence-electron chi connectivity index (χ3n) is 3.01. The molecule has 0 heterocycles. The molecule has 0 radical (unpaired) electrons. The molecule has 13 heavy (non-hydrogen) atoms. The van der Waals surface area contributed by atoms with Gasteiger partial charge in [-0.1, -0.05) is 32.1 Å². The summed E-state index contributed by atoms with van der Waals surface area (Å²) in [7, 11) is 0. The minimum absolute atomic E-state index is 0.214. The molecule has 0 aromatic heterocycles. The first-order chi connectivity index (χ1) is 6.24. The predicted molar refractivity (Wildman–Crippen MR) is 52.3 cm³/mol. The molecule has 78 valence electrons. The average Bonchev–Trinajstić information content (AvgIpc) is 2.18. The minimum Gasteiger partial charge on any atom is -0.394 e. The Bertz CT molecular complexity index is 135. The minimum atomic E-state index is -0.734. The standard InChI is InChI=1S/C10H21NO2/c11-9(10(13)7-12)6-8-4-2-1-3-5-8/h8-10,12-13H,1-7,11H2/t9?,10-/m1/s1. The van der Waals surface area contributed by atoms with Crippen LogP contribution in [0.4, 0.5) is 0 Å². The van der Waals surface area contributed by atoms with Crippen LogP contribution in [0, 0.1) is 5.92 Å². The first kappa shape index (κ1) is 11.0. The fraction of sp³-hybridized carbons (Fsp3) is 1.00. The van der Waals surface area contributed by atoms with Crippen molar-refractivity contribution in [1.29, 1.82) is 0 Å². The van der Waals surface area contributed by atoms with Gasteiger partial charge >= 0.3 is 0 Å². The molecule has 1 unspecified atom stereocenters. The molecule has 0 aliphatic heterocycles. The zero-order chi connectivity index (χ0) is 9.68. The van der Waals surface area contributed by atoms with E-state index in [9.17, 15) is 5.11 Å². The van der Waals surface area contributed by atoms with Gasteiger partial charge in [0.2, 0.25) is 0 Å². The molecule has 4 N–H and O–H groups in total. The second kappa shape index (κ2) is 5.58. The molecule has 0 aromatic carbocycles. The van der Waals surface area contributed by atoms with E-state index in [1.165, 1.54) is 32.1 Å². The highest BCUT2D eigenvalue weighted by Crippen LogP contribution is 2.27. The normalized spacial score (nSPS) is 24.2. The van der Waals surface area contributed by atoms with Crippen molar-refractivity contribution in [3.8, 4) is 0 Å². The fourth-order valence-corrected chi connectivity index (χ4v) is 2.10. The van der Waals surface area contributed by atoms with Gasteiger partial charge in [0, 0.05) is 6.04 Å². The molecular formula is C10H21NO2. The molecule has 1 aliphatic carbocycles. The molecule has 2 atom stereocenters. The Hall–Kier alpha value is -0.120. The lowest BCUT2D eigenvalue weighted by molar-refractivity contribution is 0.0646. The number of nitrogens with two attached hydrogens (primary N) is 1. The third kappa shape index (κ3) is 3.63. The van der Waals surface area contributed by atoms with Gasteiger partial charge < -0.3 is 15.9 Å². The largest absolute Gasteiger partial charge is 0.394 e. The number of hydrogen-bond acceptors (Lipinski definition) is 3. The molecule has 0 spiro atoms. The Morgan fingerprint density at radius 2 is 1.85 bits per heavy atom. The molecule has 3 heteroatoms. The Kier molecular flexibility index (Phi) is 4.70. The van der Waals surface area contributed by atoms with Crippen molar-refractivity contribution >= 4 is 0 Å². The van der Waals surface area contributed by atoms with E-state index in [0.29, 0.717) is 5.92 Å². The van der Waals surface area contributed by atoms with Crippen LogP contribution in [-0.4, -0.2) is 29.0 Å². The molecule has 0 saturated heterocycles. The van der Waals surface area contributed by atoms with Crippen molar-refractivity contribution < 1.29 is 10.2 Å². The van der Waals surface area contributed by atoms with Gasteiger partial charge in [-0.25, -0.2) is 0 Å². The Morgan fingerprint density at radius 3 is 2.38 bits per heavy atom. The molecular weight excluding hydrogens is 166 g/mol. The molecule has 1 saturated carbocycles. The van der Waals surface area contributed by atoms with Gasteiger partial charge in [0.15, 0.2) is 0 Å². The average molecular weight is 187 g/mol.